The molecule has 0 aromatic rings. The van der Waals surface area contributed by atoms with Gasteiger partial charge in [-0.25, -0.2) is 8.42 Å². The normalized spacial score (nSPS) is 34.0. The molecule has 3 fully saturated rings. The zero-order valence-electron chi connectivity index (χ0n) is 14.0. The minimum Gasteiger partial charge on any atom is -0.395 e. The zero-order valence-corrected chi connectivity index (χ0v) is 14.8. The van der Waals surface area contributed by atoms with Crippen LogP contribution in [0, 0.1) is 0 Å². The lowest BCUT2D eigenvalue weighted by molar-refractivity contribution is -0.137. The Morgan fingerprint density at radius 3 is 2.46 bits per heavy atom. The van der Waals surface area contributed by atoms with Crippen molar-refractivity contribution in [2.24, 2.45) is 0 Å². The Kier molecular flexibility index (Phi) is 5.48. The van der Waals surface area contributed by atoms with Gasteiger partial charge in [0, 0.05) is 24.7 Å². The number of carbonyl (C=O) groups excluding carboxylic acids is 1. The van der Waals surface area contributed by atoms with Gasteiger partial charge >= 0.3 is 0 Å². The third-order valence-electron chi connectivity index (χ3n) is 5.66. The number of aliphatic hydroxyl groups is 2. The predicted octanol–water partition coefficient (Wildman–Crippen LogP) is -0.628. The molecule has 3 atom stereocenters. The van der Waals surface area contributed by atoms with E-state index in [1.807, 2.05) is 9.80 Å². The van der Waals surface area contributed by atoms with Crippen LogP contribution in [0.4, 0.5) is 0 Å². The molecule has 1 aliphatic carbocycles. The van der Waals surface area contributed by atoms with Crippen LogP contribution < -0.4 is 0 Å². The third kappa shape index (κ3) is 3.92. The van der Waals surface area contributed by atoms with E-state index in [1.165, 1.54) is 0 Å². The molecule has 3 rings (SSSR count). The molecule has 24 heavy (non-hydrogen) atoms. The van der Waals surface area contributed by atoms with E-state index < -0.39 is 15.9 Å². The predicted molar refractivity (Wildman–Crippen MR) is 89.2 cm³/mol. The van der Waals surface area contributed by atoms with E-state index in [4.69, 9.17) is 0 Å². The molecule has 2 aliphatic heterocycles. The molecule has 1 amide bonds. The van der Waals surface area contributed by atoms with Crippen molar-refractivity contribution in [1.82, 2.24) is 9.80 Å². The summed E-state index contributed by atoms with van der Waals surface area (Å²) in [7, 11) is -3.04. The lowest BCUT2D eigenvalue weighted by atomic mass is 10.1. The Morgan fingerprint density at radius 2 is 1.88 bits per heavy atom. The minimum atomic E-state index is -3.04. The van der Waals surface area contributed by atoms with Crippen LogP contribution >= 0.6 is 0 Å². The quantitative estimate of drug-likeness (QED) is 0.678. The molecule has 0 bridgehead atoms. The van der Waals surface area contributed by atoms with Gasteiger partial charge in [0.05, 0.1) is 30.8 Å². The van der Waals surface area contributed by atoms with Crippen molar-refractivity contribution in [1.29, 1.82) is 0 Å². The number of aliphatic hydroxyl groups excluding tert-OH is 2. The van der Waals surface area contributed by atoms with Crippen LogP contribution in [-0.4, -0.2) is 89.8 Å². The van der Waals surface area contributed by atoms with E-state index in [0.29, 0.717) is 19.4 Å². The Hall–Kier alpha value is -0.700. The number of sulfone groups is 1. The smallest absolute Gasteiger partial charge is 0.237 e. The lowest BCUT2D eigenvalue weighted by Crippen LogP contribution is -2.51. The average Bonchev–Trinajstić information content (AvgIpc) is 3.21. The molecule has 2 N–H and O–H groups in total. The van der Waals surface area contributed by atoms with Crippen molar-refractivity contribution in [3.05, 3.63) is 0 Å². The standard InChI is InChI=1S/C16H28N2O5S/c19-10-14-7-15(20)8-17(14)9-16(21)18(12-3-1-2-4-12)13-5-6-24(22,23)11-13/h12-15,19-20H,1-11H2/t13-,14-,15-/m1/s1. The van der Waals surface area contributed by atoms with E-state index in [9.17, 15) is 23.4 Å². The Morgan fingerprint density at radius 1 is 1.17 bits per heavy atom. The van der Waals surface area contributed by atoms with Gasteiger partial charge < -0.3 is 15.1 Å². The molecule has 2 heterocycles. The van der Waals surface area contributed by atoms with Crippen LogP contribution in [0.2, 0.25) is 0 Å². The Bertz CT molecular complexity index is 561. The maximum Gasteiger partial charge on any atom is 0.237 e. The first kappa shape index (κ1) is 18.1. The van der Waals surface area contributed by atoms with Gasteiger partial charge in [0.25, 0.3) is 0 Å². The third-order valence-corrected chi connectivity index (χ3v) is 7.41. The molecule has 3 aliphatic rings. The fourth-order valence-electron chi connectivity index (χ4n) is 4.48. The topological polar surface area (TPSA) is 98.2 Å². The maximum absolute atomic E-state index is 13.0. The molecule has 0 radical (unpaired) electrons. The molecule has 138 valence electrons. The second-order valence-corrected chi connectivity index (χ2v) is 9.68. The van der Waals surface area contributed by atoms with Crippen LogP contribution in [0.1, 0.15) is 38.5 Å². The van der Waals surface area contributed by atoms with Crippen LogP contribution in [0.5, 0.6) is 0 Å². The maximum atomic E-state index is 13.0. The minimum absolute atomic E-state index is 0.0587. The number of amides is 1. The number of nitrogens with zero attached hydrogens (tertiary/aromatic N) is 2. The zero-order chi connectivity index (χ0) is 17.3. The van der Waals surface area contributed by atoms with Gasteiger partial charge in [0.2, 0.25) is 5.91 Å². The molecule has 0 aromatic carbocycles. The monoisotopic (exact) mass is 360 g/mol. The van der Waals surface area contributed by atoms with E-state index in [1.54, 1.807) is 0 Å². The van der Waals surface area contributed by atoms with Gasteiger partial charge in [-0.2, -0.15) is 0 Å². The summed E-state index contributed by atoms with van der Waals surface area (Å²) in [4.78, 5) is 16.6. The molecular formula is C16H28N2O5S. The largest absolute Gasteiger partial charge is 0.395 e. The summed E-state index contributed by atoms with van der Waals surface area (Å²) >= 11 is 0. The van der Waals surface area contributed by atoms with Crippen molar-refractivity contribution in [2.45, 2.75) is 62.8 Å². The highest BCUT2D eigenvalue weighted by Gasteiger charge is 2.40. The van der Waals surface area contributed by atoms with E-state index in [0.717, 1.165) is 25.7 Å². The molecule has 0 aromatic heterocycles. The first-order valence-electron chi connectivity index (χ1n) is 8.94. The Labute approximate surface area is 143 Å². The highest BCUT2D eigenvalue weighted by Crippen LogP contribution is 2.30. The van der Waals surface area contributed by atoms with Crippen molar-refractivity contribution in [3.8, 4) is 0 Å². The van der Waals surface area contributed by atoms with Gasteiger partial charge in [0.15, 0.2) is 9.84 Å². The van der Waals surface area contributed by atoms with E-state index in [-0.39, 0.29) is 48.7 Å². The van der Waals surface area contributed by atoms with E-state index in [2.05, 4.69) is 0 Å². The summed E-state index contributed by atoms with van der Waals surface area (Å²) in [5.41, 5.74) is 0. The van der Waals surface area contributed by atoms with Gasteiger partial charge in [-0.3, -0.25) is 9.69 Å². The van der Waals surface area contributed by atoms with Crippen molar-refractivity contribution in [3.63, 3.8) is 0 Å². The van der Waals surface area contributed by atoms with Gasteiger partial charge in [-0.15, -0.1) is 0 Å². The SMILES string of the molecule is O=C(CN1C[C@H](O)C[C@@H]1CO)N(C1CCCC1)[C@@H]1CCS(=O)(=O)C1. The number of β-amino-alcohol motifs (C(OH)–C–C–N with tert-alkyl or cyclic N) is 1. The molecular weight excluding hydrogens is 332 g/mol. The molecule has 7 nitrogen and oxygen atoms in total. The number of likely N-dealkylation sites (tertiary alicyclic amines) is 1. The van der Waals surface area contributed by atoms with Crippen LogP contribution in [0.15, 0.2) is 0 Å². The highest BCUT2D eigenvalue weighted by molar-refractivity contribution is 7.91. The molecule has 0 spiro atoms. The van der Waals surface area contributed by atoms with Crippen LogP contribution in [0.25, 0.3) is 0 Å². The van der Waals surface area contributed by atoms with Gasteiger partial charge in [-0.1, -0.05) is 12.8 Å². The van der Waals surface area contributed by atoms with Gasteiger partial charge in [0.1, 0.15) is 0 Å². The molecule has 8 heteroatoms. The fraction of sp³-hybridized carbons (Fsp3) is 0.938. The molecule has 1 saturated carbocycles. The summed E-state index contributed by atoms with van der Waals surface area (Å²) in [6.07, 6.45) is 4.52. The lowest BCUT2D eigenvalue weighted by Gasteiger charge is -2.36. The number of carbonyl (C=O) groups is 1. The summed E-state index contributed by atoms with van der Waals surface area (Å²) in [6, 6.07) is -0.275. The Balaban J connectivity index is 1.71. The molecule has 0 unspecified atom stereocenters. The second-order valence-electron chi connectivity index (χ2n) is 7.45. The van der Waals surface area contributed by atoms with Crippen molar-refractivity contribution >= 4 is 15.7 Å². The number of rotatable bonds is 5. The van der Waals surface area contributed by atoms with Crippen LogP contribution in [0.3, 0.4) is 0 Å². The second kappa shape index (κ2) is 7.27. The first-order valence-corrected chi connectivity index (χ1v) is 10.8. The van der Waals surface area contributed by atoms with Crippen molar-refractivity contribution in [2.75, 3.05) is 31.2 Å². The van der Waals surface area contributed by atoms with E-state index >= 15 is 0 Å². The average molecular weight is 360 g/mol. The summed E-state index contributed by atoms with van der Waals surface area (Å²) in [5, 5.41) is 19.2. The van der Waals surface area contributed by atoms with Gasteiger partial charge in [-0.05, 0) is 25.7 Å². The number of hydrogen-bond donors (Lipinski definition) is 2. The molecule has 2 saturated heterocycles. The summed E-state index contributed by atoms with van der Waals surface area (Å²) in [6.45, 7) is 0.458. The summed E-state index contributed by atoms with van der Waals surface area (Å²) in [5.74, 6) is 0.175. The fourth-order valence-corrected chi connectivity index (χ4v) is 6.19. The first-order chi connectivity index (χ1) is 11.4. The van der Waals surface area contributed by atoms with Crippen LogP contribution in [-0.2, 0) is 14.6 Å². The van der Waals surface area contributed by atoms with Crippen molar-refractivity contribution < 1.29 is 23.4 Å². The highest BCUT2D eigenvalue weighted by atomic mass is 32.2. The summed E-state index contributed by atoms with van der Waals surface area (Å²) < 4.78 is 23.7. The number of hydrogen-bond acceptors (Lipinski definition) is 6.